The van der Waals surface area contributed by atoms with E-state index in [4.69, 9.17) is 16.3 Å². The summed E-state index contributed by atoms with van der Waals surface area (Å²) in [5.74, 6) is 1.34. The zero-order chi connectivity index (χ0) is 16.5. The number of benzene rings is 2. The molecule has 0 aliphatic heterocycles. The second-order valence-corrected chi connectivity index (χ2v) is 6.53. The molecule has 1 unspecified atom stereocenters. The first-order valence-electron chi connectivity index (χ1n) is 7.57. The topological polar surface area (TPSA) is 38.3 Å². The van der Waals surface area contributed by atoms with Crippen molar-refractivity contribution in [3.63, 3.8) is 0 Å². The Kier molecular flexibility index (Phi) is 7.30. The highest BCUT2D eigenvalue weighted by atomic mass is 35.5. The largest absolute Gasteiger partial charge is 0.481 e. The highest BCUT2D eigenvalue weighted by molar-refractivity contribution is 7.99. The van der Waals surface area contributed by atoms with Crippen LogP contribution in [-0.4, -0.2) is 24.3 Å². The van der Waals surface area contributed by atoms with E-state index in [1.54, 1.807) is 36.0 Å². The van der Waals surface area contributed by atoms with E-state index in [2.05, 4.69) is 17.4 Å². The van der Waals surface area contributed by atoms with Crippen molar-refractivity contribution >= 4 is 29.3 Å². The van der Waals surface area contributed by atoms with Crippen molar-refractivity contribution in [2.24, 2.45) is 0 Å². The fourth-order valence-corrected chi connectivity index (χ4v) is 2.97. The number of carbonyl (C=O) groups excluding carboxylic acids is 1. The fraction of sp³-hybridized carbons (Fsp3) is 0.278. The van der Waals surface area contributed by atoms with E-state index in [0.717, 1.165) is 5.75 Å². The van der Waals surface area contributed by atoms with Crippen LogP contribution < -0.4 is 10.1 Å². The van der Waals surface area contributed by atoms with Crippen molar-refractivity contribution in [1.29, 1.82) is 0 Å². The second-order valence-electron chi connectivity index (χ2n) is 4.92. The van der Waals surface area contributed by atoms with Crippen molar-refractivity contribution in [3.8, 4) is 5.75 Å². The van der Waals surface area contributed by atoms with Gasteiger partial charge in [-0.15, -0.1) is 11.8 Å². The molecule has 3 nitrogen and oxygen atoms in total. The number of amides is 1. The molecule has 122 valence electrons. The molecule has 0 spiro atoms. The molecule has 0 aromatic heterocycles. The van der Waals surface area contributed by atoms with Crippen LogP contribution in [-0.2, 0) is 4.79 Å². The zero-order valence-corrected chi connectivity index (χ0v) is 14.6. The van der Waals surface area contributed by atoms with Crippen LogP contribution in [0.4, 0.5) is 0 Å². The van der Waals surface area contributed by atoms with Crippen LogP contribution in [0.1, 0.15) is 13.3 Å². The lowest BCUT2D eigenvalue weighted by atomic mass is 10.2. The van der Waals surface area contributed by atoms with E-state index in [0.29, 0.717) is 23.7 Å². The van der Waals surface area contributed by atoms with E-state index in [1.807, 2.05) is 25.1 Å². The van der Waals surface area contributed by atoms with Gasteiger partial charge in [0.25, 0.3) is 5.91 Å². The van der Waals surface area contributed by atoms with Gasteiger partial charge in [0.1, 0.15) is 5.75 Å². The number of carbonyl (C=O) groups is 1. The Labute approximate surface area is 146 Å². The average Bonchev–Trinajstić information content (AvgIpc) is 2.57. The van der Waals surface area contributed by atoms with Crippen molar-refractivity contribution in [2.45, 2.75) is 24.3 Å². The molecule has 0 aliphatic rings. The first-order valence-corrected chi connectivity index (χ1v) is 8.93. The normalized spacial score (nSPS) is 11.7. The van der Waals surface area contributed by atoms with Crippen molar-refractivity contribution in [3.05, 3.63) is 59.6 Å². The molecule has 2 aromatic rings. The Morgan fingerprint density at radius 3 is 2.70 bits per heavy atom. The lowest BCUT2D eigenvalue weighted by molar-refractivity contribution is -0.127. The quantitative estimate of drug-likeness (QED) is 0.567. The molecule has 0 bridgehead atoms. The summed E-state index contributed by atoms with van der Waals surface area (Å²) >= 11 is 7.64. The Morgan fingerprint density at radius 2 is 2.00 bits per heavy atom. The lowest BCUT2D eigenvalue weighted by Crippen LogP contribution is -2.39. The summed E-state index contributed by atoms with van der Waals surface area (Å²) in [4.78, 5) is 13.4. The van der Waals surface area contributed by atoms with Gasteiger partial charge in [0.05, 0.1) is 0 Å². The Hall–Kier alpha value is -1.65. The predicted molar refractivity (Wildman–Crippen MR) is 96.3 cm³/mol. The minimum atomic E-state index is -0.504. The first-order chi connectivity index (χ1) is 11.2. The van der Waals surface area contributed by atoms with Crippen LogP contribution in [0.3, 0.4) is 0 Å². The molecule has 1 N–H and O–H groups in total. The summed E-state index contributed by atoms with van der Waals surface area (Å²) in [6, 6.07) is 17.2. The minimum absolute atomic E-state index is 0.0962. The number of ether oxygens (including phenoxy) is 1. The molecule has 0 fully saturated rings. The van der Waals surface area contributed by atoms with E-state index in [9.17, 15) is 4.79 Å². The molecule has 1 amide bonds. The van der Waals surface area contributed by atoms with Crippen molar-refractivity contribution < 1.29 is 9.53 Å². The highest BCUT2D eigenvalue weighted by Crippen LogP contribution is 2.19. The van der Waals surface area contributed by atoms with Crippen molar-refractivity contribution in [1.82, 2.24) is 5.32 Å². The van der Waals surface area contributed by atoms with Gasteiger partial charge < -0.3 is 10.1 Å². The van der Waals surface area contributed by atoms with E-state index in [-0.39, 0.29) is 5.91 Å². The summed E-state index contributed by atoms with van der Waals surface area (Å²) in [6.07, 6.45) is 0.0969. The summed E-state index contributed by atoms with van der Waals surface area (Å²) in [5, 5.41) is 3.52. The molecule has 0 radical (unpaired) electrons. The zero-order valence-electron chi connectivity index (χ0n) is 13.0. The van der Waals surface area contributed by atoms with Gasteiger partial charge in [-0.25, -0.2) is 0 Å². The summed E-state index contributed by atoms with van der Waals surface area (Å²) in [7, 11) is 0. The molecule has 0 aliphatic carbocycles. The van der Waals surface area contributed by atoms with E-state index in [1.165, 1.54) is 4.90 Å². The SMILES string of the molecule is CCC(Oc1cccc(Cl)c1)C(=O)NCCSc1ccccc1. The maximum Gasteiger partial charge on any atom is 0.261 e. The Bertz CT molecular complexity index is 621. The van der Waals surface area contributed by atoms with Crippen LogP contribution in [0.2, 0.25) is 5.02 Å². The Balaban J connectivity index is 1.76. The standard InChI is InChI=1S/C18H20ClNO2S/c1-2-17(22-15-8-6-7-14(19)13-15)18(21)20-11-12-23-16-9-4-3-5-10-16/h3-10,13,17H,2,11-12H2,1H3,(H,20,21). The van der Waals surface area contributed by atoms with Gasteiger partial charge in [0.2, 0.25) is 0 Å². The summed E-state index contributed by atoms with van der Waals surface area (Å²) in [6.45, 7) is 2.53. The van der Waals surface area contributed by atoms with Gasteiger partial charge in [-0.05, 0) is 36.8 Å². The number of rotatable bonds is 8. The third-order valence-corrected chi connectivity index (χ3v) is 4.40. The smallest absolute Gasteiger partial charge is 0.261 e. The Morgan fingerprint density at radius 1 is 1.22 bits per heavy atom. The minimum Gasteiger partial charge on any atom is -0.481 e. The van der Waals surface area contributed by atoms with Crippen LogP contribution in [0.25, 0.3) is 0 Å². The van der Waals surface area contributed by atoms with Gasteiger partial charge in [0, 0.05) is 22.2 Å². The van der Waals surface area contributed by atoms with E-state index >= 15 is 0 Å². The third kappa shape index (κ3) is 6.16. The summed E-state index contributed by atoms with van der Waals surface area (Å²) in [5.41, 5.74) is 0. The maximum absolute atomic E-state index is 12.2. The molecule has 23 heavy (non-hydrogen) atoms. The number of hydrogen-bond donors (Lipinski definition) is 1. The van der Waals surface area contributed by atoms with Crippen LogP contribution in [0.5, 0.6) is 5.75 Å². The van der Waals surface area contributed by atoms with Gasteiger partial charge in [-0.3, -0.25) is 4.79 Å². The van der Waals surface area contributed by atoms with Crippen LogP contribution in [0.15, 0.2) is 59.5 Å². The number of halogens is 1. The predicted octanol–water partition coefficient (Wildman–Crippen LogP) is 4.41. The monoisotopic (exact) mass is 349 g/mol. The molecule has 5 heteroatoms. The molecule has 2 aromatic carbocycles. The van der Waals surface area contributed by atoms with E-state index < -0.39 is 6.10 Å². The molecular formula is C18H20ClNO2S. The summed E-state index contributed by atoms with van der Waals surface area (Å²) < 4.78 is 5.72. The molecule has 0 heterocycles. The van der Waals surface area contributed by atoms with Gasteiger partial charge in [-0.1, -0.05) is 42.8 Å². The van der Waals surface area contributed by atoms with Crippen LogP contribution >= 0.6 is 23.4 Å². The van der Waals surface area contributed by atoms with Crippen LogP contribution in [0, 0.1) is 0 Å². The lowest BCUT2D eigenvalue weighted by Gasteiger charge is -2.17. The van der Waals surface area contributed by atoms with Crippen molar-refractivity contribution in [2.75, 3.05) is 12.3 Å². The highest BCUT2D eigenvalue weighted by Gasteiger charge is 2.17. The maximum atomic E-state index is 12.2. The third-order valence-electron chi connectivity index (χ3n) is 3.15. The molecular weight excluding hydrogens is 330 g/mol. The number of thioether (sulfide) groups is 1. The first kappa shape index (κ1) is 17.7. The number of nitrogens with one attached hydrogen (secondary N) is 1. The number of hydrogen-bond acceptors (Lipinski definition) is 3. The van der Waals surface area contributed by atoms with Gasteiger partial charge >= 0.3 is 0 Å². The molecule has 0 saturated heterocycles. The van der Waals surface area contributed by atoms with Gasteiger partial charge in [-0.2, -0.15) is 0 Å². The average molecular weight is 350 g/mol. The molecule has 0 saturated carbocycles. The molecule has 2 rings (SSSR count). The fourth-order valence-electron chi connectivity index (χ4n) is 2.00. The van der Waals surface area contributed by atoms with Gasteiger partial charge in [0.15, 0.2) is 6.10 Å². The second kappa shape index (κ2) is 9.48. The molecule has 1 atom stereocenters.